The van der Waals surface area contributed by atoms with E-state index in [1.807, 2.05) is 0 Å². The molecule has 0 saturated carbocycles. The Bertz CT molecular complexity index is 748. The van der Waals surface area contributed by atoms with Gasteiger partial charge >= 0.3 is 0 Å². The van der Waals surface area contributed by atoms with Crippen LogP contribution in [-0.2, 0) is 10.0 Å². The molecule has 2 aromatic rings. The third kappa shape index (κ3) is 3.63. The number of anilines is 1. The molecule has 3 nitrogen and oxygen atoms in total. The first-order valence-corrected chi connectivity index (χ1v) is 8.25. The van der Waals surface area contributed by atoms with E-state index < -0.39 is 15.8 Å². The molecular weight excluding hydrogens is 392 g/mol. The van der Waals surface area contributed by atoms with Crippen LogP contribution in [-0.4, -0.2) is 8.42 Å². The van der Waals surface area contributed by atoms with Crippen LogP contribution < -0.4 is 4.72 Å². The highest BCUT2D eigenvalue weighted by molar-refractivity contribution is 9.10. The van der Waals surface area contributed by atoms with Crippen LogP contribution in [0.25, 0.3) is 0 Å². The lowest BCUT2D eigenvalue weighted by Gasteiger charge is -2.10. The van der Waals surface area contributed by atoms with E-state index in [0.29, 0.717) is 4.47 Å². The Morgan fingerprint density at radius 2 is 1.65 bits per heavy atom. The quantitative estimate of drug-likeness (QED) is 0.814. The van der Waals surface area contributed by atoms with Gasteiger partial charge in [-0.05, 0) is 36.4 Å². The molecule has 0 aliphatic carbocycles. The van der Waals surface area contributed by atoms with E-state index in [4.69, 9.17) is 23.2 Å². The second-order valence-corrected chi connectivity index (χ2v) is 7.31. The third-order valence-corrected chi connectivity index (χ3v) is 4.60. The van der Waals surface area contributed by atoms with Gasteiger partial charge in [-0.3, -0.25) is 4.72 Å². The predicted octanol–water partition coefficient (Wildman–Crippen LogP) is 4.70. The Labute approximate surface area is 133 Å². The second-order valence-electron chi connectivity index (χ2n) is 3.83. The number of rotatable bonds is 3. The van der Waals surface area contributed by atoms with Crippen molar-refractivity contribution in [3.8, 4) is 0 Å². The van der Waals surface area contributed by atoms with E-state index in [0.717, 1.165) is 6.07 Å². The van der Waals surface area contributed by atoms with Crippen LogP contribution in [0.4, 0.5) is 10.1 Å². The van der Waals surface area contributed by atoms with E-state index in [9.17, 15) is 12.8 Å². The Balaban J connectivity index is 2.40. The van der Waals surface area contributed by atoms with Crippen LogP contribution in [0.15, 0.2) is 45.8 Å². The third-order valence-electron chi connectivity index (χ3n) is 2.32. The molecule has 0 bridgehead atoms. The molecule has 1 N–H and O–H groups in total. The summed E-state index contributed by atoms with van der Waals surface area (Å²) in [5.41, 5.74) is -0.163. The van der Waals surface area contributed by atoms with Crippen molar-refractivity contribution < 1.29 is 12.8 Å². The van der Waals surface area contributed by atoms with Crippen molar-refractivity contribution in [2.24, 2.45) is 0 Å². The van der Waals surface area contributed by atoms with Crippen molar-refractivity contribution in [1.82, 2.24) is 0 Å². The highest BCUT2D eigenvalue weighted by Crippen LogP contribution is 2.26. The minimum absolute atomic E-state index is 0.141. The fraction of sp³-hybridized carbons (Fsp3) is 0. The summed E-state index contributed by atoms with van der Waals surface area (Å²) in [4.78, 5) is -0.141. The summed E-state index contributed by atoms with van der Waals surface area (Å²) in [6, 6.07) is 7.85. The zero-order valence-corrected chi connectivity index (χ0v) is 13.6. The van der Waals surface area contributed by atoms with Gasteiger partial charge in [-0.15, -0.1) is 0 Å². The first-order chi connectivity index (χ1) is 9.28. The Kier molecular flexibility index (Phi) is 4.59. The number of sulfonamides is 1. The van der Waals surface area contributed by atoms with E-state index in [2.05, 4.69) is 20.7 Å². The molecule has 2 aromatic carbocycles. The highest BCUT2D eigenvalue weighted by Gasteiger charge is 2.17. The molecule has 0 unspecified atom stereocenters. The van der Waals surface area contributed by atoms with Gasteiger partial charge in [0.25, 0.3) is 10.0 Å². The summed E-state index contributed by atoms with van der Waals surface area (Å²) < 4.78 is 40.6. The van der Waals surface area contributed by atoms with Gasteiger partial charge in [-0.1, -0.05) is 39.1 Å². The summed E-state index contributed by atoms with van der Waals surface area (Å²) in [5, 5.41) is 0.350. The van der Waals surface area contributed by atoms with Gasteiger partial charge < -0.3 is 0 Å². The normalized spacial score (nSPS) is 11.4. The topological polar surface area (TPSA) is 46.2 Å². The van der Waals surface area contributed by atoms with E-state index in [-0.39, 0.29) is 20.6 Å². The van der Waals surface area contributed by atoms with Gasteiger partial charge in [0.15, 0.2) is 0 Å². The summed E-state index contributed by atoms with van der Waals surface area (Å²) in [6.07, 6.45) is 0. The van der Waals surface area contributed by atoms with Crippen molar-refractivity contribution in [1.29, 1.82) is 0 Å². The van der Waals surface area contributed by atoms with Gasteiger partial charge in [0.05, 0.1) is 10.6 Å². The van der Waals surface area contributed by atoms with Crippen LogP contribution in [0, 0.1) is 5.82 Å². The van der Waals surface area contributed by atoms with Gasteiger partial charge in [0, 0.05) is 14.5 Å². The molecule has 0 radical (unpaired) electrons. The van der Waals surface area contributed by atoms with Crippen molar-refractivity contribution in [2.45, 2.75) is 4.90 Å². The molecule has 8 heteroatoms. The largest absolute Gasteiger partial charge is 0.277 e. The maximum absolute atomic E-state index is 13.6. The van der Waals surface area contributed by atoms with E-state index in [1.54, 1.807) is 0 Å². The van der Waals surface area contributed by atoms with Crippen molar-refractivity contribution in [2.75, 3.05) is 4.72 Å². The summed E-state index contributed by atoms with van der Waals surface area (Å²) in [6.45, 7) is 0. The van der Waals surface area contributed by atoms with Crippen LogP contribution in [0.2, 0.25) is 10.0 Å². The minimum atomic E-state index is -3.97. The number of hydrogen-bond acceptors (Lipinski definition) is 2. The van der Waals surface area contributed by atoms with E-state index in [1.165, 1.54) is 30.3 Å². The Morgan fingerprint density at radius 1 is 1.05 bits per heavy atom. The Morgan fingerprint density at radius 3 is 2.20 bits per heavy atom. The van der Waals surface area contributed by atoms with Gasteiger partial charge in [-0.2, -0.15) is 0 Å². The lowest BCUT2D eigenvalue weighted by molar-refractivity contribution is 0.598. The van der Waals surface area contributed by atoms with Crippen molar-refractivity contribution in [3.05, 3.63) is 56.7 Å². The maximum atomic E-state index is 13.6. The van der Waals surface area contributed by atoms with Gasteiger partial charge in [-0.25, -0.2) is 12.8 Å². The second kappa shape index (κ2) is 5.89. The van der Waals surface area contributed by atoms with Gasteiger partial charge in [0.2, 0.25) is 0 Å². The first-order valence-electron chi connectivity index (χ1n) is 5.22. The van der Waals surface area contributed by atoms with Crippen LogP contribution in [0.1, 0.15) is 0 Å². The average molecular weight is 399 g/mol. The molecule has 0 atom stereocenters. The molecule has 0 saturated heterocycles. The van der Waals surface area contributed by atoms with Gasteiger partial charge in [0.1, 0.15) is 5.82 Å². The standard InChI is InChI=1S/C12H7BrCl2FNO2S/c13-7-1-2-12(11(16)3-7)17-20(18,19)10-5-8(14)4-9(15)6-10/h1-6,17H. The van der Waals surface area contributed by atoms with Crippen molar-refractivity contribution >= 4 is 54.8 Å². The number of benzene rings is 2. The smallest absolute Gasteiger partial charge is 0.262 e. The lowest BCUT2D eigenvalue weighted by Crippen LogP contribution is -2.14. The number of nitrogens with one attached hydrogen (secondary N) is 1. The molecule has 106 valence electrons. The summed E-state index contributed by atoms with van der Waals surface area (Å²) >= 11 is 14.6. The van der Waals surface area contributed by atoms with Crippen molar-refractivity contribution in [3.63, 3.8) is 0 Å². The summed E-state index contributed by atoms with van der Waals surface area (Å²) in [7, 11) is -3.97. The molecule has 0 heterocycles. The maximum Gasteiger partial charge on any atom is 0.262 e. The van der Waals surface area contributed by atoms with Crippen LogP contribution in [0.3, 0.4) is 0 Å². The monoisotopic (exact) mass is 397 g/mol. The average Bonchev–Trinajstić information content (AvgIpc) is 2.31. The predicted molar refractivity (Wildman–Crippen MR) is 81.4 cm³/mol. The van der Waals surface area contributed by atoms with Crippen LogP contribution in [0.5, 0.6) is 0 Å². The molecule has 20 heavy (non-hydrogen) atoms. The lowest BCUT2D eigenvalue weighted by atomic mass is 10.3. The number of halogens is 4. The SMILES string of the molecule is O=S(=O)(Nc1ccc(Br)cc1F)c1cc(Cl)cc(Cl)c1. The fourth-order valence-corrected chi connectivity index (χ4v) is 3.59. The molecule has 0 aliphatic heterocycles. The fourth-order valence-electron chi connectivity index (χ4n) is 1.46. The molecule has 0 aromatic heterocycles. The van der Waals surface area contributed by atoms with E-state index >= 15 is 0 Å². The Hall–Kier alpha value is -0.820. The first kappa shape index (κ1) is 15.6. The highest BCUT2D eigenvalue weighted by atomic mass is 79.9. The molecular formula is C12H7BrCl2FNO2S. The number of hydrogen-bond donors (Lipinski definition) is 1. The minimum Gasteiger partial charge on any atom is -0.277 e. The molecule has 2 rings (SSSR count). The molecule has 0 fully saturated rings. The molecule has 0 spiro atoms. The zero-order valence-electron chi connectivity index (χ0n) is 9.70. The zero-order chi connectivity index (χ0) is 14.9. The van der Waals surface area contributed by atoms with Crippen LogP contribution >= 0.6 is 39.1 Å². The molecule has 0 amide bonds. The summed E-state index contributed by atoms with van der Waals surface area (Å²) in [5.74, 6) is -0.698. The molecule has 0 aliphatic rings.